The first-order chi connectivity index (χ1) is 8.28. The summed E-state index contributed by atoms with van der Waals surface area (Å²) in [6, 6.07) is -0.533. The summed E-state index contributed by atoms with van der Waals surface area (Å²) in [5.74, 6) is 0. The first-order valence-corrected chi connectivity index (χ1v) is 6.04. The maximum Gasteiger partial charge on any atom is 0.390 e. The van der Waals surface area contributed by atoms with Crippen LogP contribution in [-0.2, 0) is 0 Å². The molecule has 0 saturated heterocycles. The normalized spacial score (nSPS) is 24.7. The lowest BCUT2D eigenvalue weighted by molar-refractivity contribution is -0.136. The van der Waals surface area contributed by atoms with E-state index in [1.165, 1.54) is 7.05 Å². The van der Waals surface area contributed by atoms with E-state index in [4.69, 9.17) is 0 Å². The maximum absolute atomic E-state index is 12.0. The van der Waals surface area contributed by atoms with Crippen LogP contribution >= 0.6 is 0 Å². The minimum absolute atomic E-state index is 0.0470. The summed E-state index contributed by atoms with van der Waals surface area (Å²) in [6.07, 6.45) is -2.99. The quantitative estimate of drug-likeness (QED) is 0.821. The van der Waals surface area contributed by atoms with Crippen molar-refractivity contribution in [1.29, 1.82) is 0 Å². The number of aliphatic hydroxyl groups excluding tert-OH is 1. The third-order valence-electron chi connectivity index (χ3n) is 3.10. The van der Waals surface area contributed by atoms with Gasteiger partial charge in [0.15, 0.2) is 0 Å². The number of hydrogen-bond acceptors (Lipinski definition) is 2. The Labute approximate surface area is 104 Å². The number of hydrogen-bond donors (Lipinski definition) is 2. The molecule has 2 amide bonds. The van der Waals surface area contributed by atoms with Gasteiger partial charge in [-0.25, -0.2) is 4.79 Å². The molecule has 2 N–H and O–H groups in total. The second kappa shape index (κ2) is 6.26. The van der Waals surface area contributed by atoms with Crippen molar-refractivity contribution in [3.8, 4) is 0 Å². The van der Waals surface area contributed by atoms with E-state index in [1.54, 1.807) is 0 Å². The highest BCUT2D eigenvalue weighted by Crippen LogP contribution is 2.20. The van der Waals surface area contributed by atoms with Crippen LogP contribution in [-0.4, -0.2) is 48.0 Å². The van der Waals surface area contributed by atoms with Crippen molar-refractivity contribution in [3.63, 3.8) is 0 Å². The van der Waals surface area contributed by atoms with Gasteiger partial charge in [-0.1, -0.05) is 0 Å². The first-order valence-electron chi connectivity index (χ1n) is 6.04. The second-order valence-corrected chi connectivity index (χ2v) is 4.74. The molecule has 0 unspecified atom stereocenters. The molecule has 1 saturated carbocycles. The molecule has 0 aromatic rings. The van der Waals surface area contributed by atoms with Crippen LogP contribution in [0.15, 0.2) is 0 Å². The van der Waals surface area contributed by atoms with Gasteiger partial charge in [-0.15, -0.1) is 0 Å². The SMILES string of the molecule is CN(CCC(F)(F)F)C(=O)NC1CCC(O)CC1. The van der Waals surface area contributed by atoms with Crippen molar-refractivity contribution in [3.05, 3.63) is 0 Å². The van der Waals surface area contributed by atoms with Crippen molar-refractivity contribution in [2.45, 2.75) is 50.4 Å². The molecule has 7 heteroatoms. The number of alkyl halides is 3. The molecule has 1 aliphatic carbocycles. The van der Waals surface area contributed by atoms with E-state index < -0.39 is 18.6 Å². The molecule has 18 heavy (non-hydrogen) atoms. The molecule has 0 atom stereocenters. The molecule has 0 heterocycles. The molecule has 0 spiro atoms. The lowest BCUT2D eigenvalue weighted by Gasteiger charge is -2.28. The van der Waals surface area contributed by atoms with Gasteiger partial charge in [-0.2, -0.15) is 13.2 Å². The van der Waals surface area contributed by atoms with Crippen molar-refractivity contribution in [2.75, 3.05) is 13.6 Å². The molecule has 0 bridgehead atoms. The van der Waals surface area contributed by atoms with E-state index in [-0.39, 0.29) is 18.7 Å². The fraction of sp³-hybridized carbons (Fsp3) is 0.909. The highest BCUT2D eigenvalue weighted by atomic mass is 19.4. The predicted octanol–water partition coefficient (Wildman–Crippen LogP) is 1.88. The zero-order valence-electron chi connectivity index (χ0n) is 10.3. The summed E-state index contributed by atoms with van der Waals surface area (Å²) < 4.78 is 36.0. The van der Waals surface area contributed by atoms with Gasteiger partial charge in [0.1, 0.15) is 0 Å². The predicted molar refractivity (Wildman–Crippen MR) is 60.1 cm³/mol. The molecule has 0 aromatic heterocycles. The summed E-state index contributed by atoms with van der Waals surface area (Å²) >= 11 is 0. The molecule has 4 nitrogen and oxygen atoms in total. The van der Waals surface area contributed by atoms with Crippen molar-refractivity contribution in [2.24, 2.45) is 0 Å². The van der Waals surface area contributed by atoms with Gasteiger partial charge in [-0.05, 0) is 25.7 Å². The Morgan fingerprint density at radius 2 is 1.89 bits per heavy atom. The van der Waals surface area contributed by atoms with Crippen molar-refractivity contribution in [1.82, 2.24) is 10.2 Å². The van der Waals surface area contributed by atoms with E-state index in [2.05, 4.69) is 5.32 Å². The number of nitrogens with one attached hydrogen (secondary N) is 1. The van der Waals surface area contributed by atoms with Crippen LogP contribution in [0, 0.1) is 0 Å². The molecule has 106 valence electrons. The Balaban J connectivity index is 2.27. The van der Waals surface area contributed by atoms with E-state index in [1.807, 2.05) is 0 Å². The summed E-state index contributed by atoms with van der Waals surface area (Å²) in [4.78, 5) is 12.6. The minimum atomic E-state index is -4.25. The molecular weight excluding hydrogens is 249 g/mol. The summed E-state index contributed by atoms with van der Waals surface area (Å²) in [7, 11) is 1.35. The Bertz CT molecular complexity index is 276. The summed E-state index contributed by atoms with van der Waals surface area (Å²) in [5, 5.41) is 12.0. The van der Waals surface area contributed by atoms with E-state index >= 15 is 0 Å². The Kier molecular flexibility index (Phi) is 5.25. The van der Waals surface area contributed by atoms with Crippen LogP contribution in [0.2, 0.25) is 0 Å². The number of carbonyl (C=O) groups is 1. The number of amides is 2. The molecule has 1 fully saturated rings. The molecule has 1 rings (SSSR count). The largest absolute Gasteiger partial charge is 0.393 e. The van der Waals surface area contributed by atoms with E-state index in [0.29, 0.717) is 25.7 Å². The first kappa shape index (κ1) is 15.1. The third kappa shape index (κ3) is 5.57. The number of aliphatic hydroxyl groups is 1. The van der Waals surface area contributed by atoms with Gasteiger partial charge in [0.05, 0.1) is 12.5 Å². The van der Waals surface area contributed by atoms with Crippen LogP contribution in [0.4, 0.5) is 18.0 Å². The summed E-state index contributed by atoms with van der Waals surface area (Å²) in [6.45, 7) is -0.343. The van der Waals surface area contributed by atoms with Crippen LogP contribution < -0.4 is 5.32 Å². The highest BCUT2D eigenvalue weighted by Gasteiger charge is 2.28. The second-order valence-electron chi connectivity index (χ2n) is 4.74. The van der Waals surface area contributed by atoms with Crippen LogP contribution in [0.25, 0.3) is 0 Å². The molecule has 1 aliphatic rings. The number of carbonyl (C=O) groups excluding carboxylic acids is 1. The van der Waals surface area contributed by atoms with Gasteiger partial charge < -0.3 is 15.3 Å². The number of nitrogens with zero attached hydrogens (tertiary/aromatic N) is 1. The van der Waals surface area contributed by atoms with Crippen LogP contribution in [0.1, 0.15) is 32.1 Å². The maximum atomic E-state index is 12.0. The highest BCUT2D eigenvalue weighted by molar-refractivity contribution is 5.74. The molecule has 0 radical (unpaired) electrons. The number of halogens is 3. The topological polar surface area (TPSA) is 52.6 Å². The number of rotatable bonds is 3. The Hall–Kier alpha value is -0.980. The minimum Gasteiger partial charge on any atom is -0.393 e. The zero-order valence-corrected chi connectivity index (χ0v) is 10.3. The average Bonchev–Trinajstić information content (AvgIpc) is 2.28. The fourth-order valence-electron chi connectivity index (χ4n) is 1.90. The fourth-order valence-corrected chi connectivity index (χ4v) is 1.90. The van der Waals surface area contributed by atoms with Gasteiger partial charge >= 0.3 is 12.2 Å². The molecular formula is C11H19F3N2O2. The molecule has 0 aromatic carbocycles. The lowest BCUT2D eigenvalue weighted by atomic mass is 9.93. The average molecular weight is 268 g/mol. The number of urea groups is 1. The van der Waals surface area contributed by atoms with Crippen molar-refractivity contribution < 1.29 is 23.1 Å². The van der Waals surface area contributed by atoms with Gasteiger partial charge in [-0.3, -0.25) is 0 Å². The Morgan fingerprint density at radius 3 is 2.39 bits per heavy atom. The monoisotopic (exact) mass is 268 g/mol. The standard InChI is InChI=1S/C11H19F3N2O2/c1-16(7-6-11(12,13)14)10(18)15-8-2-4-9(17)5-3-8/h8-9,17H,2-7H2,1H3,(H,15,18). The van der Waals surface area contributed by atoms with Gasteiger partial charge in [0, 0.05) is 19.6 Å². The van der Waals surface area contributed by atoms with Gasteiger partial charge in [0.25, 0.3) is 0 Å². The van der Waals surface area contributed by atoms with Crippen molar-refractivity contribution >= 4 is 6.03 Å². The van der Waals surface area contributed by atoms with E-state index in [9.17, 15) is 23.1 Å². The van der Waals surface area contributed by atoms with E-state index in [0.717, 1.165) is 4.90 Å². The zero-order chi connectivity index (χ0) is 13.8. The van der Waals surface area contributed by atoms with Crippen LogP contribution in [0.3, 0.4) is 0 Å². The van der Waals surface area contributed by atoms with Crippen LogP contribution in [0.5, 0.6) is 0 Å². The van der Waals surface area contributed by atoms with Gasteiger partial charge in [0.2, 0.25) is 0 Å². The third-order valence-corrected chi connectivity index (χ3v) is 3.10. The Morgan fingerprint density at radius 1 is 1.33 bits per heavy atom. The molecule has 0 aliphatic heterocycles. The summed E-state index contributed by atoms with van der Waals surface area (Å²) in [5.41, 5.74) is 0. The lowest BCUT2D eigenvalue weighted by Crippen LogP contribution is -2.45. The smallest absolute Gasteiger partial charge is 0.390 e.